The number of likely N-dealkylation sites (tertiary alicyclic amines) is 1. The van der Waals surface area contributed by atoms with Crippen LogP contribution in [-0.2, 0) is 4.79 Å². The molecule has 2 N–H and O–H groups in total. The molecule has 2 rings (SSSR count). The van der Waals surface area contributed by atoms with E-state index in [0.717, 1.165) is 0 Å². The number of rotatable bonds is 2. The second-order valence-corrected chi connectivity index (χ2v) is 4.27. The quantitative estimate of drug-likeness (QED) is 0.830. The number of carboxylic acid groups (broad SMARTS) is 1. The number of carbonyl (C=O) groups excluding carboxylic acids is 1. The molecule has 0 unspecified atom stereocenters. The molecule has 0 spiro atoms. The van der Waals surface area contributed by atoms with Crippen LogP contribution in [0.5, 0.6) is 0 Å². The van der Waals surface area contributed by atoms with Gasteiger partial charge in [0, 0.05) is 31.2 Å². The van der Waals surface area contributed by atoms with Gasteiger partial charge in [-0.2, -0.15) is 0 Å². The molecule has 1 aromatic rings. The number of carbonyl (C=O) groups is 2. The third-order valence-electron chi connectivity index (χ3n) is 3.06. The van der Waals surface area contributed by atoms with E-state index in [4.69, 9.17) is 5.11 Å². The number of amides is 2. The number of aliphatic carboxylic acids is 1. The van der Waals surface area contributed by atoms with Gasteiger partial charge in [0.2, 0.25) is 0 Å². The lowest BCUT2D eigenvalue weighted by Crippen LogP contribution is -2.42. The van der Waals surface area contributed by atoms with Crippen molar-refractivity contribution in [3.8, 4) is 0 Å². The van der Waals surface area contributed by atoms with E-state index in [2.05, 4.69) is 10.3 Å². The van der Waals surface area contributed by atoms with Crippen molar-refractivity contribution in [2.75, 3.05) is 18.4 Å². The Morgan fingerprint density at radius 3 is 2.44 bits per heavy atom. The second kappa shape index (κ2) is 5.48. The predicted molar refractivity (Wildman–Crippen MR) is 65.2 cm³/mol. The molecule has 0 aromatic carbocycles. The van der Waals surface area contributed by atoms with Gasteiger partial charge in [-0.3, -0.25) is 9.78 Å². The van der Waals surface area contributed by atoms with E-state index in [-0.39, 0.29) is 11.9 Å². The van der Waals surface area contributed by atoms with Gasteiger partial charge in [0.05, 0.1) is 5.92 Å². The zero-order valence-electron chi connectivity index (χ0n) is 9.87. The molecule has 0 saturated carbocycles. The van der Waals surface area contributed by atoms with Crippen molar-refractivity contribution in [2.45, 2.75) is 12.8 Å². The van der Waals surface area contributed by atoms with Crippen LogP contribution in [0.4, 0.5) is 10.5 Å². The van der Waals surface area contributed by atoms with E-state index in [0.29, 0.717) is 31.6 Å². The maximum atomic E-state index is 11.9. The van der Waals surface area contributed by atoms with Crippen molar-refractivity contribution in [3.05, 3.63) is 24.5 Å². The molecule has 1 aromatic heterocycles. The number of hydrogen-bond donors (Lipinski definition) is 2. The van der Waals surface area contributed by atoms with Crippen molar-refractivity contribution in [1.82, 2.24) is 9.88 Å². The minimum atomic E-state index is -0.774. The van der Waals surface area contributed by atoms with Crippen molar-refractivity contribution < 1.29 is 14.7 Å². The summed E-state index contributed by atoms with van der Waals surface area (Å²) in [5, 5.41) is 11.6. The minimum absolute atomic E-state index is 0.190. The summed E-state index contributed by atoms with van der Waals surface area (Å²) in [5.74, 6) is -1.10. The van der Waals surface area contributed by atoms with E-state index in [1.807, 2.05) is 0 Å². The molecule has 0 atom stereocenters. The zero-order chi connectivity index (χ0) is 13.0. The molecule has 6 heteroatoms. The number of aromatic nitrogens is 1. The van der Waals surface area contributed by atoms with Crippen LogP contribution in [0.2, 0.25) is 0 Å². The Hall–Kier alpha value is -2.11. The maximum absolute atomic E-state index is 11.9. The fourth-order valence-electron chi connectivity index (χ4n) is 1.97. The predicted octanol–water partition coefficient (Wildman–Crippen LogP) is 1.41. The average molecular weight is 249 g/mol. The molecule has 2 heterocycles. The van der Waals surface area contributed by atoms with Gasteiger partial charge in [-0.15, -0.1) is 0 Å². The van der Waals surface area contributed by atoms with E-state index in [1.54, 1.807) is 29.4 Å². The number of carboxylic acids is 1. The van der Waals surface area contributed by atoms with Crippen molar-refractivity contribution in [1.29, 1.82) is 0 Å². The average Bonchev–Trinajstić information content (AvgIpc) is 2.40. The molecule has 1 aliphatic heterocycles. The van der Waals surface area contributed by atoms with Gasteiger partial charge in [-0.1, -0.05) is 0 Å². The van der Waals surface area contributed by atoms with Crippen molar-refractivity contribution >= 4 is 17.7 Å². The van der Waals surface area contributed by atoms with Crippen LogP contribution in [0.15, 0.2) is 24.5 Å². The Balaban J connectivity index is 1.86. The molecule has 0 bridgehead atoms. The van der Waals surface area contributed by atoms with Crippen molar-refractivity contribution in [3.63, 3.8) is 0 Å². The highest BCUT2D eigenvalue weighted by Gasteiger charge is 2.26. The summed E-state index contributed by atoms with van der Waals surface area (Å²) in [5.41, 5.74) is 0.690. The molecule has 0 aliphatic carbocycles. The SMILES string of the molecule is O=C(O)C1CCN(C(=O)Nc2ccncc2)CC1. The smallest absolute Gasteiger partial charge is 0.321 e. The first-order chi connectivity index (χ1) is 8.66. The zero-order valence-corrected chi connectivity index (χ0v) is 9.87. The number of pyridine rings is 1. The van der Waals surface area contributed by atoms with Crippen LogP contribution >= 0.6 is 0 Å². The van der Waals surface area contributed by atoms with Gasteiger partial charge in [0.1, 0.15) is 0 Å². The first-order valence-electron chi connectivity index (χ1n) is 5.85. The lowest BCUT2D eigenvalue weighted by molar-refractivity contribution is -0.143. The molecule has 2 amide bonds. The number of hydrogen-bond acceptors (Lipinski definition) is 3. The summed E-state index contributed by atoms with van der Waals surface area (Å²) in [7, 11) is 0. The highest BCUT2D eigenvalue weighted by Crippen LogP contribution is 2.18. The van der Waals surface area contributed by atoms with Crippen LogP contribution in [0.3, 0.4) is 0 Å². The summed E-state index contributed by atoms with van der Waals surface area (Å²) < 4.78 is 0. The summed E-state index contributed by atoms with van der Waals surface area (Å²) in [6, 6.07) is 3.23. The first kappa shape index (κ1) is 12.3. The molecule has 6 nitrogen and oxygen atoms in total. The number of nitrogens with one attached hydrogen (secondary N) is 1. The van der Waals surface area contributed by atoms with E-state index >= 15 is 0 Å². The van der Waals surface area contributed by atoms with Crippen LogP contribution in [0, 0.1) is 5.92 Å². The third kappa shape index (κ3) is 2.97. The molecular formula is C12H15N3O3. The highest BCUT2D eigenvalue weighted by atomic mass is 16.4. The monoisotopic (exact) mass is 249 g/mol. The van der Waals surface area contributed by atoms with Gasteiger partial charge >= 0.3 is 12.0 Å². The Morgan fingerprint density at radius 1 is 1.28 bits per heavy atom. The van der Waals surface area contributed by atoms with Gasteiger partial charge < -0.3 is 15.3 Å². The number of anilines is 1. The van der Waals surface area contributed by atoms with Crippen molar-refractivity contribution in [2.24, 2.45) is 5.92 Å². The Labute approximate surface area is 105 Å². The van der Waals surface area contributed by atoms with Crippen LogP contribution in [-0.4, -0.2) is 40.1 Å². The van der Waals surface area contributed by atoms with Crippen LogP contribution in [0.1, 0.15) is 12.8 Å². The number of nitrogens with zero attached hydrogens (tertiary/aromatic N) is 2. The van der Waals surface area contributed by atoms with Gasteiger partial charge in [-0.25, -0.2) is 4.79 Å². The largest absolute Gasteiger partial charge is 0.481 e. The maximum Gasteiger partial charge on any atom is 0.321 e. The molecular weight excluding hydrogens is 234 g/mol. The molecule has 1 saturated heterocycles. The molecule has 1 fully saturated rings. The number of urea groups is 1. The Bertz CT molecular complexity index is 427. The number of piperidine rings is 1. The first-order valence-corrected chi connectivity index (χ1v) is 5.85. The summed E-state index contributed by atoms with van der Waals surface area (Å²) in [4.78, 5) is 28.2. The molecule has 0 radical (unpaired) electrons. The van der Waals surface area contributed by atoms with Gasteiger partial charge in [-0.05, 0) is 25.0 Å². The van der Waals surface area contributed by atoms with E-state index in [1.165, 1.54) is 0 Å². The standard InChI is InChI=1S/C12H15N3O3/c16-11(17)9-3-7-15(8-4-9)12(18)14-10-1-5-13-6-2-10/h1-2,5-6,9H,3-4,7-8H2,(H,16,17)(H,13,14,18). The Kier molecular flexibility index (Phi) is 3.76. The highest BCUT2D eigenvalue weighted by molar-refractivity contribution is 5.89. The molecule has 18 heavy (non-hydrogen) atoms. The van der Waals surface area contributed by atoms with Crippen LogP contribution in [0.25, 0.3) is 0 Å². The molecule has 96 valence electrons. The minimum Gasteiger partial charge on any atom is -0.481 e. The van der Waals surface area contributed by atoms with E-state index in [9.17, 15) is 9.59 Å². The summed E-state index contributed by atoms with van der Waals surface area (Å²) in [6.07, 6.45) is 4.23. The fourth-order valence-corrected chi connectivity index (χ4v) is 1.97. The Morgan fingerprint density at radius 2 is 1.89 bits per heavy atom. The lowest BCUT2D eigenvalue weighted by Gasteiger charge is -2.30. The van der Waals surface area contributed by atoms with Gasteiger partial charge in [0.15, 0.2) is 0 Å². The third-order valence-corrected chi connectivity index (χ3v) is 3.06. The topological polar surface area (TPSA) is 82.5 Å². The summed E-state index contributed by atoms with van der Waals surface area (Å²) >= 11 is 0. The van der Waals surface area contributed by atoms with Gasteiger partial charge in [0.25, 0.3) is 0 Å². The normalized spacial score (nSPS) is 16.3. The second-order valence-electron chi connectivity index (χ2n) is 4.27. The molecule has 1 aliphatic rings. The van der Waals surface area contributed by atoms with Crippen LogP contribution < -0.4 is 5.32 Å². The van der Waals surface area contributed by atoms with E-state index < -0.39 is 5.97 Å². The summed E-state index contributed by atoms with van der Waals surface area (Å²) in [6.45, 7) is 0.960. The lowest BCUT2D eigenvalue weighted by atomic mass is 9.97. The fraction of sp³-hybridized carbons (Fsp3) is 0.417.